The van der Waals surface area contributed by atoms with Crippen LogP contribution in [0.25, 0.3) is 0 Å². The van der Waals surface area contributed by atoms with E-state index in [0.717, 1.165) is 5.75 Å². The summed E-state index contributed by atoms with van der Waals surface area (Å²) in [4.78, 5) is 0. The van der Waals surface area contributed by atoms with Crippen molar-refractivity contribution in [1.82, 2.24) is 0 Å². The molecule has 0 aromatic heterocycles. The number of hydrogen-bond acceptors (Lipinski definition) is 4. The minimum absolute atomic E-state index is 0.00293. The molecule has 0 bridgehead atoms. The van der Waals surface area contributed by atoms with Crippen molar-refractivity contribution in [2.75, 3.05) is 20.3 Å². The van der Waals surface area contributed by atoms with Crippen LogP contribution in [0, 0.1) is 17.1 Å². The van der Waals surface area contributed by atoms with Gasteiger partial charge in [0.1, 0.15) is 42.3 Å². The molecule has 108 valence electrons. The second kappa shape index (κ2) is 7.15. The monoisotopic (exact) mass is 287 g/mol. The van der Waals surface area contributed by atoms with Gasteiger partial charge >= 0.3 is 0 Å². The van der Waals surface area contributed by atoms with Crippen molar-refractivity contribution in [2.24, 2.45) is 0 Å². The van der Waals surface area contributed by atoms with Crippen molar-refractivity contribution in [3.63, 3.8) is 0 Å². The van der Waals surface area contributed by atoms with Gasteiger partial charge in [0.25, 0.3) is 0 Å². The third kappa shape index (κ3) is 4.11. The summed E-state index contributed by atoms with van der Waals surface area (Å²) < 4.78 is 29.2. The Hall–Kier alpha value is -2.74. The fourth-order valence-corrected chi connectivity index (χ4v) is 1.67. The van der Waals surface area contributed by atoms with E-state index < -0.39 is 5.82 Å². The topological polar surface area (TPSA) is 51.5 Å². The number of nitriles is 1. The van der Waals surface area contributed by atoms with Crippen LogP contribution in [-0.4, -0.2) is 20.3 Å². The zero-order valence-corrected chi connectivity index (χ0v) is 11.5. The van der Waals surface area contributed by atoms with Gasteiger partial charge in [-0.25, -0.2) is 4.39 Å². The summed E-state index contributed by atoms with van der Waals surface area (Å²) in [5.41, 5.74) is -0.00293. The fraction of sp³-hybridized carbons (Fsp3) is 0.188. The second-order valence-corrected chi connectivity index (χ2v) is 4.13. The Morgan fingerprint density at radius 2 is 1.52 bits per heavy atom. The van der Waals surface area contributed by atoms with Crippen molar-refractivity contribution in [1.29, 1.82) is 5.26 Å². The molecule has 0 heterocycles. The molecule has 5 heteroatoms. The first-order chi connectivity index (χ1) is 10.2. The summed E-state index contributed by atoms with van der Waals surface area (Å²) in [6.45, 7) is 0.602. The molecule has 0 aliphatic carbocycles. The van der Waals surface area contributed by atoms with Crippen LogP contribution < -0.4 is 14.2 Å². The number of methoxy groups -OCH3 is 1. The van der Waals surface area contributed by atoms with E-state index in [4.69, 9.17) is 19.5 Å². The molecule has 0 aliphatic heterocycles. The van der Waals surface area contributed by atoms with Crippen LogP contribution in [0.4, 0.5) is 4.39 Å². The molecule has 0 unspecified atom stereocenters. The van der Waals surface area contributed by atoms with Crippen LogP contribution in [0.15, 0.2) is 42.5 Å². The first-order valence-electron chi connectivity index (χ1n) is 6.32. The van der Waals surface area contributed by atoms with Crippen LogP contribution in [0.3, 0.4) is 0 Å². The van der Waals surface area contributed by atoms with E-state index >= 15 is 0 Å². The summed E-state index contributed by atoms with van der Waals surface area (Å²) in [6.07, 6.45) is 0. The summed E-state index contributed by atoms with van der Waals surface area (Å²) in [5, 5.41) is 8.63. The molecule has 4 nitrogen and oxygen atoms in total. The van der Waals surface area contributed by atoms with Crippen molar-refractivity contribution in [3.8, 4) is 23.3 Å². The third-order valence-corrected chi connectivity index (χ3v) is 2.74. The smallest absolute Gasteiger partial charge is 0.144 e. The Bertz CT molecular complexity index is 635. The standard InChI is InChI=1S/C16H14FNO3/c1-19-13-4-6-14(7-5-13)20-8-9-21-15-3-2-12(11-18)16(17)10-15/h2-7,10H,8-9H2,1H3. The second-order valence-electron chi connectivity index (χ2n) is 4.13. The molecule has 0 aliphatic rings. The third-order valence-electron chi connectivity index (χ3n) is 2.74. The minimum Gasteiger partial charge on any atom is -0.497 e. The molecule has 2 aromatic carbocycles. The Balaban J connectivity index is 1.79. The van der Waals surface area contributed by atoms with Gasteiger partial charge < -0.3 is 14.2 Å². The van der Waals surface area contributed by atoms with Gasteiger partial charge in [0, 0.05) is 6.07 Å². The normalized spacial score (nSPS) is 9.76. The predicted molar refractivity (Wildman–Crippen MR) is 75.1 cm³/mol. The maximum absolute atomic E-state index is 13.4. The molecule has 0 saturated heterocycles. The van der Waals surface area contributed by atoms with Gasteiger partial charge in [-0.15, -0.1) is 0 Å². The first-order valence-corrected chi connectivity index (χ1v) is 6.32. The summed E-state index contributed by atoms with van der Waals surface area (Å²) in [6, 6.07) is 13.1. The molecule has 2 rings (SSSR count). The average Bonchev–Trinajstić information content (AvgIpc) is 2.52. The lowest BCUT2D eigenvalue weighted by atomic mass is 10.2. The molecule has 0 spiro atoms. The highest BCUT2D eigenvalue weighted by atomic mass is 19.1. The van der Waals surface area contributed by atoms with E-state index in [0.29, 0.717) is 18.1 Å². The van der Waals surface area contributed by atoms with E-state index in [1.54, 1.807) is 43.5 Å². The van der Waals surface area contributed by atoms with Crippen LogP contribution in [-0.2, 0) is 0 Å². The molecule has 0 atom stereocenters. The van der Waals surface area contributed by atoms with E-state index in [-0.39, 0.29) is 12.2 Å². The molecule has 0 radical (unpaired) electrons. The zero-order valence-electron chi connectivity index (χ0n) is 11.5. The molecular formula is C16H14FNO3. The minimum atomic E-state index is -0.592. The number of rotatable bonds is 6. The molecule has 0 fully saturated rings. The number of benzene rings is 2. The van der Waals surface area contributed by atoms with Gasteiger partial charge in [0.15, 0.2) is 0 Å². The molecule has 0 amide bonds. The number of hydrogen-bond donors (Lipinski definition) is 0. The van der Waals surface area contributed by atoms with Gasteiger partial charge in [-0.3, -0.25) is 0 Å². The molecule has 0 saturated carbocycles. The highest BCUT2D eigenvalue weighted by Crippen LogP contribution is 2.18. The Kier molecular flexibility index (Phi) is 4.99. The van der Waals surface area contributed by atoms with Crippen LogP contribution >= 0.6 is 0 Å². The van der Waals surface area contributed by atoms with Crippen molar-refractivity contribution in [3.05, 3.63) is 53.8 Å². The Morgan fingerprint density at radius 1 is 0.952 bits per heavy atom. The maximum atomic E-state index is 13.4. The highest BCUT2D eigenvalue weighted by Gasteiger charge is 2.03. The summed E-state index contributed by atoms with van der Waals surface area (Å²) in [5.74, 6) is 1.23. The van der Waals surface area contributed by atoms with E-state index in [2.05, 4.69) is 0 Å². The SMILES string of the molecule is COc1ccc(OCCOc2ccc(C#N)c(F)c2)cc1. The van der Waals surface area contributed by atoms with Crippen LogP contribution in [0.2, 0.25) is 0 Å². The first kappa shape index (κ1) is 14.7. The van der Waals surface area contributed by atoms with Gasteiger partial charge in [-0.1, -0.05) is 0 Å². The average molecular weight is 287 g/mol. The Morgan fingerprint density at radius 3 is 2.10 bits per heavy atom. The largest absolute Gasteiger partial charge is 0.497 e. The van der Waals surface area contributed by atoms with E-state index in [1.165, 1.54) is 12.1 Å². The molecule has 0 N–H and O–H groups in total. The zero-order chi connectivity index (χ0) is 15.1. The van der Waals surface area contributed by atoms with Gasteiger partial charge in [-0.2, -0.15) is 5.26 Å². The molecule has 21 heavy (non-hydrogen) atoms. The van der Waals surface area contributed by atoms with Crippen LogP contribution in [0.5, 0.6) is 17.2 Å². The van der Waals surface area contributed by atoms with E-state index in [9.17, 15) is 4.39 Å². The van der Waals surface area contributed by atoms with Crippen molar-refractivity contribution >= 4 is 0 Å². The van der Waals surface area contributed by atoms with Gasteiger partial charge in [-0.05, 0) is 36.4 Å². The lowest BCUT2D eigenvalue weighted by Gasteiger charge is -2.09. The number of ether oxygens (including phenoxy) is 3. The van der Waals surface area contributed by atoms with Crippen LogP contribution in [0.1, 0.15) is 5.56 Å². The highest BCUT2D eigenvalue weighted by molar-refractivity contribution is 5.36. The Labute approximate surface area is 122 Å². The van der Waals surface area contributed by atoms with Crippen molar-refractivity contribution < 1.29 is 18.6 Å². The summed E-state index contributed by atoms with van der Waals surface area (Å²) in [7, 11) is 1.60. The van der Waals surface area contributed by atoms with Gasteiger partial charge in [0.2, 0.25) is 0 Å². The predicted octanol–water partition coefficient (Wildman–Crippen LogP) is 3.16. The van der Waals surface area contributed by atoms with Crippen molar-refractivity contribution in [2.45, 2.75) is 0 Å². The quantitative estimate of drug-likeness (QED) is 0.766. The number of nitrogens with zero attached hydrogens (tertiary/aromatic N) is 1. The summed E-state index contributed by atoms with van der Waals surface area (Å²) >= 11 is 0. The van der Waals surface area contributed by atoms with E-state index in [1.807, 2.05) is 0 Å². The lowest BCUT2D eigenvalue weighted by Crippen LogP contribution is -2.09. The maximum Gasteiger partial charge on any atom is 0.144 e. The lowest BCUT2D eigenvalue weighted by molar-refractivity contribution is 0.216. The molecule has 2 aromatic rings. The number of halogens is 1. The fourth-order valence-electron chi connectivity index (χ4n) is 1.67. The molecular weight excluding hydrogens is 273 g/mol. The van der Waals surface area contributed by atoms with Gasteiger partial charge in [0.05, 0.1) is 12.7 Å².